The standard InChI is InChI=1S/C23H24N4O2/c1-25(15-19-14-24-27(17-19)21-9-3-2-4-10-21)23(29)20-8-5-7-18(13-20)16-26-12-6-11-22(26)28/h2-5,7-10,13-14,17H,6,11-12,15-16H2,1H3. The second-order valence-corrected chi connectivity index (χ2v) is 7.41. The largest absolute Gasteiger partial charge is 0.338 e. The lowest BCUT2D eigenvalue weighted by Gasteiger charge is -2.18. The van der Waals surface area contributed by atoms with Gasteiger partial charge in [-0.1, -0.05) is 30.3 Å². The van der Waals surface area contributed by atoms with Gasteiger partial charge in [-0.3, -0.25) is 9.59 Å². The van der Waals surface area contributed by atoms with Crippen molar-refractivity contribution in [1.82, 2.24) is 19.6 Å². The van der Waals surface area contributed by atoms with Crippen molar-refractivity contribution in [3.63, 3.8) is 0 Å². The number of likely N-dealkylation sites (tertiary alicyclic amines) is 1. The van der Waals surface area contributed by atoms with Gasteiger partial charge in [0.1, 0.15) is 0 Å². The van der Waals surface area contributed by atoms with Gasteiger partial charge in [0.2, 0.25) is 5.91 Å². The van der Waals surface area contributed by atoms with E-state index in [-0.39, 0.29) is 11.8 Å². The van der Waals surface area contributed by atoms with Crippen LogP contribution in [0.5, 0.6) is 0 Å². The van der Waals surface area contributed by atoms with Crippen molar-refractivity contribution in [3.8, 4) is 5.69 Å². The molecule has 1 fully saturated rings. The van der Waals surface area contributed by atoms with Gasteiger partial charge in [-0.15, -0.1) is 0 Å². The zero-order valence-corrected chi connectivity index (χ0v) is 16.5. The van der Waals surface area contributed by atoms with Crippen molar-refractivity contribution in [2.45, 2.75) is 25.9 Å². The molecule has 2 aromatic carbocycles. The fourth-order valence-corrected chi connectivity index (χ4v) is 3.62. The molecule has 3 aromatic rings. The van der Waals surface area contributed by atoms with E-state index < -0.39 is 0 Å². The minimum atomic E-state index is -0.0490. The lowest BCUT2D eigenvalue weighted by atomic mass is 10.1. The van der Waals surface area contributed by atoms with Crippen LogP contribution >= 0.6 is 0 Å². The first-order valence-electron chi connectivity index (χ1n) is 9.81. The number of hydrogen-bond donors (Lipinski definition) is 0. The van der Waals surface area contributed by atoms with E-state index in [4.69, 9.17) is 0 Å². The van der Waals surface area contributed by atoms with Gasteiger partial charge in [-0.2, -0.15) is 5.10 Å². The average molecular weight is 388 g/mol. The van der Waals surface area contributed by atoms with Gasteiger partial charge in [0.15, 0.2) is 0 Å². The van der Waals surface area contributed by atoms with Crippen molar-refractivity contribution in [2.75, 3.05) is 13.6 Å². The van der Waals surface area contributed by atoms with Crippen molar-refractivity contribution in [1.29, 1.82) is 0 Å². The van der Waals surface area contributed by atoms with Crippen LogP contribution in [-0.4, -0.2) is 45.0 Å². The highest BCUT2D eigenvalue weighted by molar-refractivity contribution is 5.94. The van der Waals surface area contributed by atoms with Crippen molar-refractivity contribution in [2.24, 2.45) is 0 Å². The van der Waals surface area contributed by atoms with Gasteiger partial charge in [-0.05, 0) is 36.2 Å². The van der Waals surface area contributed by atoms with E-state index in [1.54, 1.807) is 22.8 Å². The molecule has 1 aromatic heterocycles. The highest BCUT2D eigenvalue weighted by atomic mass is 16.2. The second kappa shape index (κ2) is 8.31. The molecule has 1 aliphatic heterocycles. The summed E-state index contributed by atoms with van der Waals surface area (Å²) in [4.78, 5) is 28.3. The maximum atomic E-state index is 12.9. The van der Waals surface area contributed by atoms with Crippen molar-refractivity contribution >= 4 is 11.8 Å². The minimum Gasteiger partial charge on any atom is -0.338 e. The molecule has 0 unspecified atom stereocenters. The van der Waals surface area contributed by atoms with E-state index in [1.807, 2.05) is 65.7 Å². The van der Waals surface area contributed by atoms with E-state index in [9.17, 15) is 9.59 Å². The number of aromatic nitrogens is 2. The van der Waals surface area contributed by atoms with Crippen LogP contribution in [-0.2, 0) is 17.9 Å². The van der Waals surface area contributed by atoms with Gasteiger partial charge in [0, 0.05) is 50.4 Å². The Bertz CT molecular complexity index is 1010. The summed E-state index contributed by atoms with van der Waals surface area (Å²) in [6.07, 6.45) is 5.26. The normalized spacial score (nSPS) is 13.7. The summed E-state index contributed by atoms with van der Waals surface area (Å²) in [6, 6.07) is 17.4. The number of nitrogens with zero attached hydrogens (tertiary/aromatic N) is 4. The van der Waals surface area contributed by atoms with E-state index in [0.29, 0.717) is 25.1 Å². The fraction of sp³-hybridized carbons (Fsp3) is 0.261. The molecule has 2 amide bonds. The minimum absolute atomic E-state index is 0.0490. The Morgan fingerprint density at radius 3 is 2.69 bits per heavy atom. The van der Waals surface area contributed by atoms with E-state index >= 15 is 0 Å². The highest BCUT2D eigenvalue weighted by Gasteiger charge is 2.20. The third-order valence-corrected chi connectivity index (χ3v) is 5.14. The number of carbonyl (C=O) groups excluding carboxylic acids is 2. The van der Waals surface area contributed by atoms with Crippen LogP contribution in [0.2, 0.25) is 0 Å². The molecule has 0 aliphatic carbocycles. The van der Waals surface area contributed by atoms with Crippen LogP contribution in [0, 0.1) is 0 Å². The van der Waals surface area contributed by atoms with Crippen LogP contribution in [0.1, 0.15) is 34.3 Å². The summed E-state index contributed by atoms with van der Waals surface area (Å²) in [6.45, 7) is 1.83. The monoisotopic (exact) mass is 388 g/mol. The van der Waals surface area contributed by atoms with Gasteiger partial charge in [0.25, 0.3) is 5.91 Å². The van der Waals surface area contributed by atoms with Crippen molar-refractivity contribution in [3.05, 3.63) is 83.7 Å². The Morgan fingerprint density at radius 1 is 1.10 bits per heavy atom. The number of carbonyl (C=O) groups is 2. The van der Waals surface area contributed by atoms with Crippen LogP contribution in [0.3, 0.4) is 0 Å². The molecular weight excluding hydrogens is 364 g/mol. The molecule has 0 saturated carbocycles. The van der Waals surface area contributed by atoms with Crippen molar-refractivity contribution < 1.29 is 9.59 Å². The molecule has 4 rings (SSSR count). The summed E-state index contributed by atoms with van der Waals surface area (Å²) < 4.78 is 1.81. The van der Waals surface area contributed by atoms with Gasteiger partial charge >= 0.3 is 0 Å². The van der Waals surface area contributed by atoms with E-state index in [0.717, 1.165) is 29.8 Å². The summed E-state index contributed by atoms with van der Waals surface area (Å²) in [7, 11) is 1.79. The molecule has 2 heterocycles. The number of rotatable bonds is 6. The van der Waals surface area contributed by atoms with Gasteiger partial charge in [0.05, 0.1) is 11.9 Å². The van der Waals surface area contributed by atoms with E-state index in [2.05, 4.69) is 5.10 Å². The van der Waals surface area contributed by atoms with Crippen LogP contribution in [0.4, 0.5) is 0 Å². The number of para-hydroxylation sites is 1. The number of amides is 2. The topological polar surface area (TPSA) is 58.4 Å². The first-order valence-corrected chi connectivity index (χ1v) is 9.81. The van der Waals surface area contributed by atoms with Crippen LogP contribution in [0.15, 0.2) is 67.0 Å². The highest BCUT2D eigenvalue weighted by Crippen LogP contribution is 2.17. The molecular formula is C23H24N4O2. The zero-order valence-electron chi connectivity index (χ0n) is 16.5. The Kier molecular flexibility index (Phi) is 5.42. The summed E-state index contributed by atoms with van der Waals surface area (Å²) >= 11 is 0. The summed E-state index contributed by atoms with van der Waals surface area (Å²) in [5.74, 6) is 0.140. The molecule has 0 radical (unpaired) electrons. The molecule has 6 heteroatoms. The summed E-state index contributed by atoms with van der Waals surface area (Å²) in [5, 5.41) is 4.39. The zero-order chi connectivity index (χ0) is 20.2. The Hall–Kier alpha value is -3.41. The number of benzene rings is 2. The van der Waals surface area contributed by atoms with Gasteiger partial charge < -0.3 is 9.80 Å². The molecule has 0 spiro atoms. The number of hydrogen-bond acceptors (Lipinski definition) is 3. The third-order valence-electron chi connectivity index (χ3n) is 5.14. The quantitative estimate of drug-likeness (QED) is 0.651. The molecule has 0 bridgehead atoms. The molecule has 29 heavy (non-hydrogen) atoms. The third kappa shape index (κ3) is 4.37. The lowest BCUT2D eigenvalue weighted by molar-refractivity contribution is -0.128. The smallest absolute Gasteiger partial charge is 0.253 e. The molecule has 0 N–H and O–H groups in total. The van der Waals surface area contributed by atoms with Crippen LogP contribution in [0.25, 0.3) is 5.69 Å². The van der Waals surface area contributed by atoms with E-state index in [1.165, 1.54) is 0 Å². The lowest BCUT2D eigenvalue weighted by Crippen LogP contribution is -2.27. The molecule has 0 atom stereocenters. The maximum absolute atomic E-state index is 12.9. The first-order chi connectivity index (χ1) is 14.1. The predicted molar refractivity (Wildman–Crippen MR) is 110 cm³/mol. The SMILES string of the molecule is CN(Cc1cnn(-c2ccccc2)c1)C(=O)c1cccc(CN2CCCC2=O)c1. The Morgan fingerprint density at radius 2 is 1.93 bits per heavy atom. The molecule has 1 aliphatic rings. The molecule has 1 saturated heterocycles. The van der Waals surface area contributed by atoms with Crippen LogP contribution < -0.4 is 0 Å². The molecule has 148 valence electrons. The maximum Gasteiger partial charge on any atom is 0.253 e. The van der Waals surface area contributed by atoms with Gasteiger partial charge in [-0.25, -0.2) is 4.68 Å². The second-order valence-electron chi connectivity index (χ2n) is 7.41. The molecule has 6 nitrogen and oxygen atoms in total. The predicted octanol–water partition coefficient (Wildman–Crippen LogP) is 3.27. The average Bonchev–Trinajstić information content (AvgIpc) is 3.37. The fourth-order valence-electron chi connectivity index (χ4n) is 3.62. The Balaban J connectivity index is 1.42. The first kappa shape index (κ1) is 18.9. The summed E-state index contributed by atoms with van der Waals surface area (Å²) in [5.41, 5.74) is 3.56. The Labute approximate surface area is 170 Å².